The number of amides is 1. The smallest absolute Gasteiger partial charge is 0.326 e. The van der Waals surface area contributed by atoms with Crippen LogP contribution in [0.1, 0.15) is 32.6 Å². The van der Waals surface area contributed by atoms with Gasteiger partial charge in [-0.25, -0.2) is 4.79 Å². The summed E-state index contributed by atoms with van der Waals surface area (Å²) in [6, 6.07) is -0.378. The average Bonchev–Trinajstić information content (AvgIpc) is 2.86. The van der Waals surface area contributed by atoms with Crippen LogP contribution in [0.15, 0.2) is 0 Å². The number of nitrogens with zero attached hydrogens (tertiary/aromatic N) is 1. The van der Waals surface area contributed by atoms with Crippen LogP contribution in [0.2, 0.25) is 0 Å². The number of carbonyl (C=O) groups excluding carboxylic acids is 1. The zero-order valence-electron chi connectivity index (χ0n) is 10.2. The topological polar surface area (TPSA) is 69.6 Å². The minimum absolute atomic E-state index is 0.0128. The summed E-state index contributed by atoms with van der Waals surface area (Å²) < 4.78 is 0. The quantitative estimate of drug-likeness (QED) is 0.751. The van der Waals surface area contributed by atoms with Crippen molar-refractivity contribution in [3.63, 3.8) is 0 Å². The van der Waals surface area contributed by atoms with E-state index in [2.05, 4.69) is 5.32 Å². The van der Waals surface area contributed by atoms with E-state index in [0.29, 0.717) is 13.0 Å². The van der Waals surface area contributed by atoms with Gasteiger partial charge in [0.15, 0.2) is 0 Å². The van der Waals surface area contributed by atoms with Crippen LogP contribution in [0, 0.1) is 5.92 Å². The van der Waals surface area contributed by atoms with Crippen LogP contribution < -0.4 is 5.32 Å². The fraction of sp³-hybridized carbons (Fsp3) is 0.833. The van der Waals surface area contributed by atoms with Crippen LogP contribution >= 0.6 is 0 Å². The predicted octanol–water partition coefficient (Wildman–Crippen LogP) is 0.450. The lowest BCUT2D eigenvalue weighted by Gasteiger charge is -2.24. The number of carbonyl (C=O) groups is 2. The Morgan fingerprint density at radius 1 is 1.41 bits per heavy atom. The first kappa shape index (κ1) is 12.4. The molecule has 3 atom stereocenters. The molecule has 0 bridgehead atoms. The molecule has 0 saturated carbocycles. The molecule has 0 aromatic heterocycles. The highest BCUT2D eigenvalue weighted by atomic mass is 16.4. The Balaban J connectivity index is 1.95. The Morgan fingerprint density at radius 2 is 2.18 bits per heavy atom. The molecule has 2 aliphatic rings. The molecular formula is C12H20N2O3. The highest BCUT2D eigenvalue weighted by molar-refractivity contribution is 5.84. The van der Waals surface area contributed by atoms with E-state index in [1.54, 1.807) is 4.90 Å². The number of carboxylic acid groups (broad SMARTS) is 1. The summed E-state index contributed by atoms with van der Waals surface area (Å²) in [6.45, 7) is 3.46. The fourth-order valence-corrected chi connectivity index (χ4v) is 2.86. The van der Waals surface area contributed by atoms with Gasteiger partial charge in [0.2, 0.25) is 5.91 Å². The summed E-state index contributed by atoms with van der Waals surface area (Å²) in [4.78, 5) is 24.8. The fourth-order valence-electron chi connectivity index (χ4n) is 2.86. The second-order valence-electron chi connectivity index (χ2n) is 5.13. The summed E-state index contributed by atoms with van der Waals surface area (Å²) in [5, 5.41) is 12.4. The van der Waals surface area contributed by atoms with Crippen molar-refractivity contribution in [1.29, 1.82) is 0 Å². The Kier molecular flexibility index (Phi) is 3.66. The van der Waals surface area contributed by atoms with E-state index in [4.69, 9.17) is 5.11 Å². The third-order valence-corrected chi connectivity index (χ3v) is 3.86. The van der Waals surface area contributed by atoms with Crippen molar-refractivity contribution < 1.29 is 14.7 Å². The summed E-state index contributed by atoms with van der Waals surface area (Å²) in [5.74, 6) is -0.822. The molecule has 96 valence electrons. The summed E-state index contributed by atoms with van der Waals surface area (Å²) >= 11 is 0. The van der Waals surface area contributed by atoms with Crippen LogP contribution in [0.3, 0.4) is 0 Å². The van der Waals surface area contributed by atoms with E-state index in [1.807, 2.05) is 6.92 Å². The number of likely N-dealkylation sites (tertiary alicyclic amines) is 1. The molecule has 2 heterocycles. The highest BCUT2D eigenvalue weighted by Gasteiger charge is 2.39. The minimum atomic E-state index is -0.872. The molecule has 3 unspecified atom stereocenters. The van der Waals surface area contributed by atoms with E-state index in [0.717, 1.165) is 25.8 Å². The summed E-state index contributed by atoms with van der Waals surface area (Å²) in [5.41, 5.74) is 0. The van der Waals surface area contributed by atoms with Gasteiger partial charge in [-0.05, 0) is 31.7 Å². The van der Waals surface area contributed by atoms with E-state index in [9.17, 15) is 9.59 Å². The van der Waals surface area contributed by atoms with Gasteiger partial charge < -0.3 is 15.3 Å². The van der Waals surface area contributed by atoms with Gasteiger partial charge >= 0.3 is 5.97 Å². The van der Waals surface area contributed by atoms with Crippen LogP contribution in [-0.2, 0) is 9.59 Å². The van der Waals surface area contributed by atoms with Crippen LogP contribution in [0.25, 0.3) is 0 Å². The lowest BCUT2D eigenvalue weighted by atomic mass is 10.0. The molecule has 0 spiro atoms. The molecule has 0 aromatic rings. The van der Waals surface area contributed by atoms with Crippen molar-refractivity contribution >= 4 is 11.9 Å². The SMILES string of the molecule is CC1CCN(C(=O)CC2CCCN2)C1C(=O)O. The van der Waals surface area contributed by atoms with E-state index in [1.165, 1.54) is 0 Å². The van der Waals surface area contributed by atoms with Crippen LogP contribution in [-0.4, -0.2) is 47.1 Å². The van der Waals surface area contributed by atoms with Gasteiger partial charge in [0.1, 0.15) is 6.04 Å². The van der Waals surface area contributed by atoms with Crippen molar-refractivity contribution in [3.8, 4) is 0 Å². The normalized spacial score (nSPS) is 33.0. The van der Waals surface area contributed by atoms with E-state index < -0.39 is 12.0 Å². The van der Waals surface area contributed by atoms with Crippen molar-refractivity contribution in [2.24, 2.45) is 5.92 Å². The summed E-state index contributed by atoms with van der Waals surface area (Å²) in [7, 11) is 0. The number of aliphatic carboxylic acids is 1. The van der Waals surface area contributed by atoms with Gasteiger partial charge in [0.05, 0.1) is 0 Å². The maximum Gasteiger partial charge on any atom is 0.326 e. The van der Waals surface area contributed by atoms with E-state index in [-0.39, 0.29) is 17.9 Å². The molecule has 2 fully saturated rings. The van der Waals surface area contributed by atoms with Crippen LogP contribution in [0.4, 0.5) is 0 Å². The van der Waals surface area contributed by atoms with Crippen molar-refractivity contribution in [1.82, 2.24) is 10.2 Å². The van der Waals surface area contributed by atoms with Crippen LogP contribution in [0.5, 0.6) is 0 Å². The maximum atomic E-state index is 12.1. The van der Waals surface area contributed by atoms with Gasteiger partial charge in [-0.1, -0.05) is 6.92 Å². The maximum absolute atomic E-state index is 12.1. The number of hydrogen-bond acceptors (Lipinski definition) is 3. The highest BCUT2D eigenvalue weighted by Crippen LogP contribution is 2.25. The Bertz CT molecular complexity index is 313. The Hall–Kier alpha value is -1.10. The number of rotatable bonds is 3. The predicted molar refractivity (Wildman–Crippen MR) is 62.6 cm³/mol. The molecule has 2 N–H and O–H groups in total. The molecule has 0 aromatic carbocycles. The molecule has 2 rings (SSSR count). The number of nitrogens with one attached hydrogen (secondary N) is 1. The first-order valence-electron chi connectivity index (χ1n) is 6.35. The van der Waals surface area contributed by atoms with E-state index >= 15 is 0 Å². The molecule has 5 heteroatoms. The van der Waals surface area contributed by atoms with Crippen molar-refractivity contribution in [2.45, 2.75) is 44.7 Å². The molecule has 1 amide bonds. The van der Waals surface area contributed by atoms with Gasteiger partial charge in [-0.3, -0.25) is 4.79 Å². The minimum Gasteiger partial charge on any atom is -0.480 e. The number of hydrogen-bond donors (Lipinski definition) is 2. The zero-order chi connectivity index (χ0) is 12.4. The molecule has 2 saturated heterocycles. The molecule has 2 aliphatic heterocycles. The van der Waals surface area contributed by atoms with Gasteiger partial charge in [0, 0.05) is 19.0 Å². The van der Waals surface area contributed by atoms with Gasteiger partial charge in [0.25, 0.3) is 0 Å². The third-order valence-electron chi connectivity index (χ3n) is 3.86. The second-order valence-corrected chi connectivity index (χ2v) is 5.13. The second kappa shape index (κ2) is 5.04. The molecule has 5 nitrogen and oxygen atoms in total. The third kappa shape index (κ3) is 2.60. The largest absolute Gasteiger partial charge is 0.480 e. The summed E-state index contributed by atoms with van der Waals surface area (Å²) in [6.07, 6.45) is 3.36. The lowest BCUT2D eigenvalue weighted by molar-refractivity contribution is -0.149. The van der Waals surface area contributed by atoms with Gasteiger partial charge in [-0.15, -0.1) is 0 Å². The number of carboxylic acids is 1. The average molecular weight is 240 g/mol. The standard InChI is InChI=1S/C12H20N2O3/c1-8-4-6-14(11(8)12(16)17)10(15)7-9-3-2-5-13-9/h8-9,11,13H,2-7H2,1H3,(H,16,17). The molecule has 17 heavy (non-hydrogen) atoms. The molecule has 0 aliphatic carbocycles. The lowest BCUT2D eigenvalue weighted by Crippen LogP contribution is -2.44. The Labute approximate surface area is 101 Å². The first-order chi connectivity index (χ1) is 8.09. The monoisotopic (exact) mass is 240 g/mol. The molecular weight excluding hydrogens is 220 g/mol. The van der Waals surface area contributed by atoms with Crippen molar-refractivity contribution in [3.05, 3.63) is 0 Å². The zero-order valence-corrected chi connectivity index (χ0v) is 10.2. The molecule has 0 radical (unpaired) electrons. The first-order valence-corrected chi connectivity index (χ1v) is 6.35. The Morgan fingerprint density at radius 3 is 2.76 bits per heavy atom. The van der Waals surface area contributed by atoms with Crippen molar-refractivity contribution in [2.75, 3.05) is 13.1 Å². The van der Waals surface area contributed by atoms with Gasteiger partial charge in [-0.2, -0.15) is 0 Å².